The van der Waals surface area contributed by atoms with Gasteiger partial charge in [0, 0.05) is 53.2 Å². The number of nitrogens with zero attached hydrogens (tertiary/aromatic N) is 2. The van der Waals surface area contributed by atoms with Gasteiger partial charge in [0.2, 0.25) is 0 Å². The van der Waals surface area contributed by atoms with Crippen LogP contribution in [0.5, 0.6) is 0 Å². The van der Waals surface area contributed by atoms with E-state index in [1.54, 1.807) is 18.5 Å². The molecule has 3 N–H and O–H groups in total. The first-order chi connectivity index (χ1) is 13.1. The van der Waals surface area contributed by atoms with E-state index in [9.17, 15) is 4.79 Å². The van der Waals surface area contributed by atoms with Crippen molar-refractivity contribution in [1.82, 2.24) is 25.3 Å². The van der Waals surface area contributed by atoms with E-state index in [0.717, 1.165) is 16.8 Å². The molecule has 0 aliphatic heterocycles. The Morgan fingerprint density at radius 2 is 1.89 bits per heavy atom. The number of benzene rings is 1. The molecule has 0 amide bonds. The number of rotatable bonds is 5. The SMILES string of the molecule is Cc1c(CN[C@H](C)c2cc(=O)[nH]c(-c3ccncc3)n2)[nH]c2ccccc12. The zero-order valence-electron chi connectivity index (χ0n) is 15.3. The zero-order chi connectivity index (χ0) is 18.8. The summed E-state index contributed by atoms with van der Waals surface area (Å²) in [5.74, 6) is 0.551. The largest absolute Gasteiger partial charge is 0.357 e. The summed E-state index contributed by atoms with van der Waals surface area (Å²) in [6, 6.07) is 13.4. The fraction of sp³-hybridized carbons (Fsp3) is 0.190. The van der Waals surface area contributed by atoms with Crippen molar-refractivity contribution in [2.24, 2.45) is 0 Å². The van der Waals surface area contributed by atoms with Gasteiger partial charge in [0.15, 0.2) is 0 Å². The normalized spacial score (nSPS) is 12.4. The third kappa shape index (κ3) is 3.52. The summed E-state index contributed by atoms with van der Waals surface area (Å²) in [7, 11) is 0. The van der Waals surface area contributed by atoms with Crippen molar-refractivity contribution in [2.45, 2.75) is 26.4 Å². The smallest absolute Gasteiger partial charge is 0.251 e. The third-order valence-corrected chi connectivity index (χ3v) is 4.81. The lowest BCUT2D eigenvalue weighted by Gasteiger charge is -2.14. The predicted molar refractivity (Wildman–Crippen MR) is 106 cm³/mol. The first-order valence-electron chi connectivity index (χ1n) is 8.93. The first-order valence-corrected chi connectivity index (χ1v) is 8.93. The molecule has 0 saturated heterocycles. The van der Waals surface area contributed by atoms with Gasteiger partial charge in [-0.2, -0.15) is 0 Å². The molecule has 1 aromatic carbocycles. The second kappa shape index (κ2) is 7.17. The van der Waals surface area contributed by atoms with Crippen molar-refractivity contribution in [2.75, 3.05) is 0 Å². The van der Waals surface area contributed by atoms with Gasteiger partial charge in [-0.15, -0.1) is 0 Å². The summed E-state index contributed by atoms with van der Waals surface area (Å²) in [5.41, 5.74) is 4.89. The number of pyridine rings is 1. The van der Waals surface area contributed by atoms with Gasteiger partial charge >= 0.3 is 0 Å². The summed E-state index contributed by atoms with van der Waals surface area (Å²) in [6.45, 7) is 4.80. The molecule has 0 fully saturated rings. The van der Waals surface area contributed by atoms with E-state index in [4.69, 9.17) is 0 Å². The van der Waals surface area contributed by atoms with E-state index in [0.29, 0.717) is 18.1 Å². The summed E-state index contributed by atoms with van der Waals surface area (Å²) in [5, 5.41) is 4.70. The van der Waals surface area contributed by atoms with Crippen LogP contribution < -0.4 is 10.9 Å². The van der Waals surface area contributed by atoms with Crippen molar-refractivity contribution in [3.63, 3.8) is 0 Å². The molecule has 1 atom stereocenters. The lowest BCUT2D eigenvalue weighted by atomic mass is 10.1. The Bertz CT molecular complexity index is 1130. The number of aromatic nitrogens is 4. The topological polar surface area (TPSA) is 86.5 Å². The monoisotopic (exact) mass is 359 g/mol. The average molecular weight is 359 g/mol. The van der Waals surface area contributed by atoms with Crippen LogP contribution in [0.25, 0.3) is 22.3 Å². The quantitative estimate of drug-likeness (QED) is 0.509. The maximum atomic E-state index is 12.1. The second-order valence-electron chi connectivity index (χ2n) is 6.63. The molecule has 4 rings (SSSR count). The highest BCUT2D eigenvalue weighted by Gasteiger charge is 2.12. The number of aromatic amines is 2. The van der Waals surface area contributed by atoms with Crippen molar-refractivity contribution in [3.05, 3.63) is 82.2 Å². The molecule has 6 heteroatoms. The summed E-state index contributed by atoms with van der Waals surface area (Å²) >= 11 is 0. The third-order valence-electron chi connectivity index (χ3n) is 4.81. The Morgan fingerprint density at radius 3 is 2.67 bits per heavy atom. The zero-order valence-corrected chi connectivity index (χ0v) is 15.3. The van der Waals surface area contributed by atoms with Gasteiger partial charge in [-0.05, 0) is 37.6 Å². The summed E-state index contributed by atoms with van der Waals surface area (Å²) in [4.78, 5) is 27.0. The molecule has 0 bridgehead atoms. The number of aryl methyl sites for hydroxylation is 1. The van der Waals surface area contributed by atoms with Crippen molar-refractivity contribution in [3.8, 4) is 11.4 Å². The van der Waals surface area contributed by atoms with Gasteiger partial charge in [0.1, 0.15) is 5.82 Å². The molecule has 0 spiro atoms. The van der Waals surface area contributed by atoms with Crippen LogP contribution in [-0.2, 0) is 6.54 Å². The predicted octanol–water partition coefficient (Wildman–Crippen LogP) is 3.47. The van der Waals surface area contributed by atoms with Crippen LogP contribution in [0.3, 0.4) is 0 Å². The highest BCUT2D eigenvalue weighted by atomic mass is 16.1. The van der Waals surface area contributed by atoms with Crippen LogP contribution in [0.1, 0.15) is 29.9 Å². The minimum atomic E-state index is -0.165. The molecule has 27 heavy (non-hydrogen) atoms. The van der Waals surface area contributed by atoms with E-state index >= 15 is 0 Å². The first kappa shape index (κ1) is 17.2. The van der Waals surface area contributed by atoms with Crippen LogP contribution in [-0.4, -0.2) is 19.9 Å². The molecule has 3 aromatic heterocycles. The Labute approximate surface area is 156 Å². The van der Waals surface area contributed by atoms with Gasteiger partial charge in [-0.3, -0.25) is 9.78 Å². The minimum absolute atomic E-state index is 0.0706. The van der Waals surface area contributed by atoms with Gasteiger partial charge in [0.25, 0.3) is 5.56 Å². The lowest BCUT2D eigenvalue weighted by Crippen LogP contribution is -2.22. The van der Waals surface area contributed by atoms with Crippen LogP contribution in [0.2, 0.25) is 0 Å². The van der Waals surface area contributed by atoms with E-state index in [1.807, 2.05) is 31.2 Å². The number of fused-ring (bicyclic) bond motifs is 1. The highest BCUT2D eigenvalue weighted by molar-refractivity contribution is 5.84. The van der Waals surface area contributed by atoms with Crippen LogP contribution in [0.4, 0.5) is 0 Å². The molecule has 0 radical (unpaired) electrons. The molecule has 0 aliphatic carbocycles. The number of nitrogens with one attached hydrogen (secondary N) is 3. The van der Waals surface area contributed by atoms with Crippen LogP contribution in [0.15, 0.2) is 59.7 Å². The maximum absolute atomic E-state index is 12.1. The van der Waals surface area contributed by atoms with Crippen molar-refractivity contribution >= 4 is 10.9 Å². The molecular weight excluding hydrogens is 338 g/mol. The molecule has 3 heterocycles. The molecule has 0 aliphatic rings. The molecule has 0 unspecified atom stereocenters. The molecular formula is C21H21N5O. The number of hydrogen-bond donors (Lipinski definition) is 3. The lowest BCUT2D eigenvalue weighted by molar-refractivity contribution is 0.554. The standard InChI is InChI=1S/C21H21N5O/c1-13-16-5-3-4-6-17(16)24-19(13)12-23-14(2)18-11-20(27)26-21(25-18)15-7-9-22-10-8-15/h3-11,14,23-24H,12H2,1-2H3,(H,25,26,27)/t14-/m1/s1. The fourth-order valence-corrected chi connectivity index (χ4v) is 3.22. The molecule has 6 nitrogen and oxygen atoms in total. The van der Waals surface area contributed by atoms with Gasteiger partial charge in [-0.1, -0.05) is 18.2 Å². The van der Waals surface area contributed by atoms with Gasteiger partial charge in [0.05, 0.1) is 5.69 Å². The van der Waals surface area contributed by atoms with E-state index < -0.39 is 0 Å². The van der Waals surface area contributed by atoms with Crippen LogP contribution >= 0.6 is 0 Å². The van der Waals surface area contributed by atoms with Crippen molar-refractivity contribution in [1.29, 1.82) is 0 Å². The van der Waals surface area contributed by atoms with E-state index in [1.165, 1.54) is 10.9 Å². The maximum Gasteiger partial charge on any atom is 0.251 e. The number of hydrogen-bond acceptors (Lipinski definition) is 4. The van der Waals surface area contributed by atoms with Crippen LogP contribution in [0, 0.1) is 6.92 Å². The van der Waals surface area contributed by atoms with Gasteiger partial charge in [-0.25, -0.2) is 4.98 Å². The minimum Gasteiger partial charge on any atom is -0.357 e. The number of H-pyrrole nitrogens is 2. The Hall–Kier alpha value is -3.25. The highest BCUT2D eigenvalue weighted by Crippen LogP contribution is 2.22. The van der Waals surface area contributed by atoms with Gasteiger partial charge < -0.3 is 15.3 Å². The van der Waals surface area contributed by atoms with E-state index in [-0.39, 0.29) is 11.6 Å². The Kier molecular flexibility index (Phi) is 4.56. The average Bonchev–Trinajstić information content (AvgIpc) is 3.02. The summed E-state index contributed by atoms with van der Waals surface area (Å²) in [6.07, 6.45) is 3.37. The fourth-order valence-electron chi connectivity index (χ4n) is 3.22. The molecule has 136 valence electrons. The number of para-hydroxylation sites is 1. The Morgan fingerprint density at radius 1 is 1.11 bits per heavy atom. The molecule has 0 saturated carbocycles. The summed E-state index contributed by atoms with van der Waals surface area (Å²) < 4.78 is 0. The van der Waals surface area contributed by atoms with Crippen molar-refractivity contribution < 1.29 is 0 Å². The van der Waals surface area contributed by atoms with E-state index in [2.05, 4.69) is 44.3 Å². The molecule has 4 aromatic rings. The second-order valence-corrected chi connectivity index (χ2v) is 6.63. The Balaban J connectivity index is 1.56.